The molecule has 1 fully saturated rings. The van der Waals surface area contributed by atoms with Crippen LogP contribution in [0, 0.1) is 5.41 Å². The molecule has 1 N–H and O–H groups in total. The standard InChI is InChI=1S/C14H19NO5S/c1-3-20-11-5-4-6-12(9-11)21(18,19)15-8-7-14(2,10-15)13(16)17/h4-6,9H,3,7-8,10H2,1-2H3,(H,16,17). The van der Waals surface area contributed by atoms with Crippen LogP contribution in [0.5, 0.6) is 5.75 Å². The number of hydrogen-bond acceptors (Lipinski definition) is 4. The molecule has 0 bridgehead atoms. The largest absolute Gasteiger partial charge is 0.494 e. The number of carbonyl (C=O) groups is 1. The number of hydrogen-bond donors (Lipinski definition) is 1. The summed E-state index contributed by atoms with van der Waals surface area (Å²) in [6.07, 6.45) is 0.312. The molecule has 7 heteroatoms. The minimum atomic E-state index is -3.69. The lowest BCUT2D eigenvalue weighted by Gasteiger charge is -2.20. The van der Waals surface area contributed by atoms with E-state index in [9.17, 15) is 18.3 Å². The number of carboxylic acid groups (broad SMARTS) is 1. The van der Waals surface area contributed by atoms with Crippen LogP contribution in [-0.2, 0) is 14.8 Å². The molecule has 1 aromatic carbocycles. The first-order valence-electron chi connectivity index (χ1n) is 6.76. The predicted octanol–water partition coefficient (Wildman–Crippen LogP) is 1.57. The molecule has 1 heterocycles. The smallest absolute Gasteiger partial charge is 0.310 e. The summed E-state index contributed by atoms with van der Waals surface area (Å²) < 4.78 is 31.7. The average Bonchev–Trinajstić information content (AvgIpc) is 2.84. The zero-order valence-electron chi connectivity index (χ0n) is 12.1. The fourth-order valence-electron chi connectivity index (χ4n) is 2.34. The van der Waals surface area contributed by atoms with Gasteiger partial charge in [0.15, 0.2) is 0 Å². The first-order valence-corrected chi connectivity index (χ1v) is 8.20. The second kappa shape index (κ2) is 5.65. The predicted molar refractivity (Wildman–Crippen MR) is 76.7 cm³/mol. The van der Waals surface area contributed by atoms with Crippen molar-refractivity contribution in [3.63, 3.8) is 0 Å². The van der Waals surface area contributed by atoms with Crippen molar-refractivity contribution in [1.29, 1.82) is 0 Å². The summed E-state index contributed by atoms with van der Waals surface area (Å²) in [6, 6.07) is 6.27. The maximum absolute atomic E-state index is 12.6. The molecule has 0 saturated carbocycles. The van der Waals surface area contributed by atoms with Gasteiger partial charge in [0.05, 0.1) is 16.9 Å². The molecule has 1 atom stereocenters. The van der Waals surface area contributed by atoms with Crippen LogP contribution in [0.15, 0.2) is 29.2 Å². The number of sulfonamides is 1. The normalized spacial score (nSPS) is 23.1. The lowest BCUT2D eigenvalue weighted by molar-refractivity contribution is -0.146. The van der Waals surface area contributed by atoms with Gasteiger partial charge in [-0.25, -0.2) is 8.42 Å². The van der Waals surface area contributed by atoms with E-state index in [1.165, 1.54) is 16.4 Å². The lowest BCUT2D eigenvalue weighted by Crippen LogP contribution is -2.34. The van der Waals surface area contributed by atoms with E-state index in [0.717, 1.165) is 0 Å². The Morgan fingerprint density at radius 2 is 2.19 bits per heavy atom. The lowest BCUT2D eigenvalue weighted by atomic mass is 9.90. The van der Waals surface area contributed by atoms with E-state index in [0.29, 0.717) is 18.8 Å². The first kappa shape index (κ1) is 15.8. The molecule has 2 rings (SSSR count). The van der Waals surface area contributed by atoms with Gasteiger partial charge in [0, 0.05) is 19.2 Å². The van der Waals surface area contributed by atoms with Gasteiger partial charge in [0.25, 0.3) is 0 Å². The van der Waals surface area contributed by atoms with Crippen molar-refractivity contribution in [3.8, 4) is 5.75 Å². The maximum atomic E-state index is 12.6. The van der Waals surface area contributed by atoms with Crippen LogP contribution in [0.2, 0.25) is 0 Å². The molecule has 0 aromatic heterocycles. The number of aliphatic carboxylic acids is 1. The summed E-state index contributed by atoms with van der Waals surface area (Å²) in [6.45, 7) is 4.04. The Labute approximate surface area is 124 Å². The number of carboxylic acids is 1. The van der Waals surface area contributed by atoms with Crippen molar-refractivity contribution in [2.24, 2.45) is 5.41 Å². The van der Waals surface area contributed by atoms with E-state index in [1.54, 1.807) is 19.1 Å². The van der Waals surface area contributed by atoms with Crippen molar-refractivity contribution < 1.29 is 23.1 Å². The van der Waals surface area contributed by atoms with Crippen LogP contribution in [0.1, 0.15) is 20.3 Å². The van der Waals surface area contributed by atoms with Gasteiger partial charge < -0.3 is 9.84 Å². The molecule has 0 spiro atoms. The summed E-state index contributed by atoms with van der Waals surface area (Å²) in [5.74, 6) is -0.484. The third-order valence-electron chi connectivity index (χ3n) is 3.71. The minimum absolute atomic E-state index is 0.0104. The summed E-state index contributed by atoms with van der Waals surface area (Å²) in [5, 5.41) is 9.20. The highest BCUT2D eigenvalue weighted by molar-refractivity contribution is 7.89. The Kier molecular flexibility index (Phi) is 4.25. The Morgan fingerprint density at radius 3 is 2.76 bits per heavy atom. The quantitative estimate of drug-likeness (QED) is 0.892. The molecule has 116 valence electrons. The average molecular weight is 313 g/mol. The van der Waals surface area contributed by atoms with E-state index >= 15 is 0 Å². The van der Waals surface area contributed by atoms with Crippen molar-refractivity contribution in [2.75, 3.05) is 19.7 Å². The molecule has 1 aromatic rings. The van der Waals surface area contributed by atoms with Crippen LogP contribution in [0.4, 0.5) is 0 Å². The van der Waals surface area contributed by atoms with E-state index < -0.39 is 21.4 Å². The van der Waals surface area contributed by atoms with Crippen molar-refractivity contribution in [1.82, 2.24) is 4.31 Å². The summed E-state index contributed by atoms with van der Waals surface area (Å²) in [7, 11) is -3.69. The summed E-state index contributed by atoms with van der Waals surface area (Å²) in [5.41, 5.74) is -1.02. The van der Waals surface area contributed by atoms with E-state index in [-0.39, 0.29) is 18.0 Å². The zero-order valence-corrected chi connectivity index (χ0v) is 12.9. The molecule has 0 aliphatic carbocycles. The van der Waals surface area contributed by atoms with E-state index in [4.69, 9.17) is 4.74 Å². The highest BCUT2D eigenvalue weighted by Crippen LogP contribution is 2.34. The molecular formula is C14H19NO5S. The van der Waals surface area contributed by atoms with Crippen LogP contribution < -0.4 is 4.74 Å². The second-order valence-corrected chi connectivity index (χ2v) is 7.30. The Morgan fingerprint density at radius 1 is 1.48 bits per heavy atom. The molecule has 1 aliphatic heterocycles. The van der Waals surface area contributed by atoms with Gasteiger partial charge in [-0.2, -0.15) is 4.31 Å². The van der Waals surface area contributed by atoms with Gasteiger partial charge in [-0.1, -0.05) is 6.07 Å². The monoisotopic (exact) mass is 313 g/mol. The molecule has 1 aliphatic rings. The van der Waals surface area contributed by atoms with Gasteiger partial charge in [-0.3, -0.25) is 4.79 Å². The van der Waals surface area contributed by atoms with Crippen LogP contribution in [0.3, 0.4) is 0 Å². The number of nitrogens with zero attached hydrogens (tertiary/aromatic N) is 1. The van der Waals surface area contributed by atoms with Crippen LogP contribution in [-0.4, -0.2) is 43.5 Å². The maximum Gasteiger partial charge on any atom is 0.310 e. The number of ether oxygens (including phenoxy) is 1. The minimum Gasteiger partial charge on any atom is -0.494 e. The van der Waals surface area contributed by atoms with E-state index in [1.807, 2.05) is 6.92 Å². The highest BCUT2D eigenvalue weighted by atomic mass is 32.2. The Balaban J connectivity index is 2.27. The van der Waals surface area contributed by atoms with Gasteiger partial charge in [-0.05, 0) is 32.4 Å². The summed E-state index contributed by atoms with van der Waals surface area (Å²) in [4.78, 5) is 11.4. The Hall–Kier alpha value is -1.60. The molecule has 0 amide bonds. The van der Waals surface area contributed by atoms with Crippen LogP contribution in [0.25, 0.3) is 0 Å². The number of rotatable bonds is 5. The van der Waals surface area contributed by atoms with Crippen LogP contribution >= 0.6 is 0 Å². The molecule has 21 heavy (non-hydrogen) atoms. The van der Waals surface area contributed by atoms with Crippen molar-refractivity contribution in [3.05, 3.63) is 24.3 Å². The highest BCUT2D eigenvalue weighted by Gasteiger charge is 2.44. The van der Waals surface area contributed by atoms with Crippen molar-refractivity contribution in [2.45, 2.75) is 25.2 Å². The Bertz CT molecular complexity index is 643. The van der Waals surface area contributed by atoms with Gasteiger partial charge in [-0.15, -0.1) is 0 Å². The third kappa shape index (κ3) is 3.03. The van der Waals surface area contributed by atoms with Gasteiger partial charge >= 0.3 is 5.97 Å². The molecule has 0 radical (unpaired) electrons. The topological polar surface area (TPSA) is 83.9 Å². The summed E-state index contributed by atoms with van der Waals surface area (Å²) >= 11 is 0. The van der Waals surface area contributed by atoms with E-state index in [2.05, 4.69) is 0 Å². The van der Waals surface area contributed by atoms with Gasteiger partial charge in [0.1, 0.15) is 5.75 Å². The third-order valence-corrected chi connectivity index (χ3v) is 5.55. The second-order valence-electron chi connectivity index (χ2n) is 5.36. The molecular weight excluding hydrogens is 294 g/mol. The molecule has 6 nitrogen and oxygen atoms in total. The SMILES string of the molecule is CCOc1cccc(S(=O)(=O)N2CCC(C)(C(=O)O)C2)c1. The molecule has 1 unspecified atom stereocenters. The first-order chi connectivity index (χ1) is 9.79. The fourth-order valence-corrected chi connectivity index (χ4v) is 3.94. The van der Waals surface area contributed by atoms with Gasteiger partial charge in [0.2, 0.25) is 10.0 Å². The molecule has 1 saturated heterocycles. The zero-order chi connectivity index (χ0) is 15.7. The fraction of sp³-hybridized carbons (Fsp3) is 0.500. The van der Waals surface area contributed by atoms with Crippen molar-refractivity contribution >= 4 is 16.0 Å². The number of benzene rings is 1.